The predicted octanol–water partition coefficient (Wildman–Crippen LogP) is 2.71. The van der Waals surface area contributed by atoms with E-state index in [2.05, 4.69) is 10.5 Å². The molecule has 0 saturated heterocycles. The summed E-state index contributed by atoms with van der Waals surface area (Å²) in [5.74, 6) is 0.482. The number of nitrogens with zero attached hydrogens (tertiary/aromatic N) is 1. The second-order valence-corrected chi connectivity index (χ2v) is 5.57. The molecule has 2 unspecified atom stereocenters. The van der Waals surface area contributed by atoms with Crippen LogP contribution < -0.4 is 11.1 Å². The van der Waals surface area contributed by atoms with Gasteiger partial charge >= 0.3 is 0 Å². The third-order valence-electron chi connectivity index (χ3n) is 3.99. The van der Waals surface area contributed by atoms with E-state index in [0.29, 0.717) is 13.0 Å². The van der Waals surface area contributed by atoms with E-state index in [0.717, 1.165) is 22.6 Å². The van der Waals surface area contributed by atoms with Crippen LogP contribution in [0.5, 0.6) is 0 Å². The van der Waals surface area contributed by atoms with Crippen LogP contribution in [-0.4, -0.2) is 17.6 Å². The highest BCUT2D eigenvalue weighted by Gasteiger charge is 2.21. The van der Waals surface area contributed by atoms with Gasteiger partial charge in [0.1, 0.15) is 5.76 Å². The highest BCUT2D eigenvalue weighted by atomic mass is 35.5. The summed E-state index contributed by atoms with van der Waals surface area (Å²) in [5.41, 5.74) is 9.07. The molecule has 0 aliphatic rings. The Morgan fingerprint density at radius 2 is 1.96 bits per heavy atom. The molecular weight excluding hydrogens is 314 g/mol. The Bertz CT molecular complexity index is 609. The molecule has 2 atom stereocenters. The highest BCUT2D eigenvalue weighted by Crippen LogP contribution is 2.19. The van der Waals surface area contributed by atoms with Crippen molar-refractivity contribution in [1.82, 2.24) is 10.5 Å². The summed E-state index contributed by atoms with van der Waals surface area (Å²) < 4.78 is 5.11. The lowest BCUT2D eigenvalue weighted by atomic mass is 9.94. The molecule has 0 fully saturated rings. The minimum absolute atomic E-state index is 0. The fourth-order valence-corrected chi connectivity index (χ4v) is 2.46. The van der Waals surface area contributed by atoms with E-state index >= 15 is 0 Å². The molecule has 2 aromatic rings. The van der Waals surface area contributed by atoms with Crippen molar-refractivity contribution in [1.29, 1.82) is 0 Å². The van der Waals surface area contributed by atoms with Crippen molar-refractivity contribution in [2.24, 2.45) is 11.7 Å². The van der Waals surface area contributed by atoms with Crippen molar-refractivity contribution in [2.75, 3.05) is 6.54 Å². The largest absolute Gasteiger partial charge is 0.361 e. The molecule has 5 nitrogen and oxygen atoms in total. The zero-order chi connectivity index (χ0) is 16.1. The SMILES string of the molecule is Cc1noc(C)c1CCNC(=O)C(C)C(N)c1ccccc1.Cl. The van der Waals surface area contributed by atoms with Gasteiger partial charge in [-0.1, -0.05) is 42.4 Å². The Kier molecular flexibility index (Phi) is 7.26. The lowest BCUT2D eigenvalue weighted by Crippen LogP contribution is -2.36. The van der Waals surface area contributed by atoms with Gasteiger partial charge < -0.3 is 15.6 Å². The molecule has 0 spiro atoms. The Labute approximate surface area is 143 Å². The van der Waals surface area contributed by atoms with E-state index < -0.39 is 0 Å². The zero-order valence-corrected chi connectivity index (χ0v) is 14.5. The minimum Gasteiger partial charge on any atom is -0.361 e. The second-order valence-electron chi connectivity index (χ2n) is 5.57. The summed E-state index contributed by atoms with van der Waals surface area (Å²) in [5, 5.41) is 6.85. The van der Waals surface area contributed by atoms with Crippen LogP contribution >= 0.6 is 12.4 Å². The molecule has 0 bridgehead atoms. The van der Waals surface area contributed by atoms with Crippen LogP contribution in [0.2, 0.25) is 0 Å². The Balaban J connectivity index is 0.00000264. The number of rotatable bonds is 6. The van der Waals surface area contributed by atoms with Crippen molar-refractivity contribution < 1.29 is 9.32 Å². The van der Waals surface area contributed by atoms with E-state index in [-0.39, 0.29) is 30.3 Å². The van der Waals surface area contributed by atoms with Crippen molar-refractivity contribution in [2.45, 2.75) is 33.2 Å². The van der Waals surface area contributed by atoms with Crippen LogP contribution in [0.3, 0.4) is 0 Å². The molecule has 2 rings (SSSR count). The van der Waals surface area contributed by atoms with Gasteiger partial charge in [0.05, 0.1) is 11.6 Å². The predicted molar refractivity (Wildman–Crippen MR) is 92.5 cm³/mol. The average Bonchev–Trinajstić information content (AvgIpc) is 2.86. The summed E-state index contributed by atoms with van der Waals surface area (Å²) >= 11 is 0. The lowest BCUT2D eigenvalue weighted by molar-refractivity contribution is -0.125. The van der Waals surface area contributed by atoms with Crippen molar-refractivity contribution >= 4 is 18.3 Å². The number of aromatic nitrogens is 1. The van der Waals surface area contributed by atoms with Crippen LogP contribution in [0.15, 0.2) is 34.9 Å². The maximum Gasteiger partial charge on any atom is 0.224 e. The third-order valence-corrected chi connectivity index (χ3v) is 3.99. The minimum atomic E-state index is -0.305. The molecule has 23 heavy (non-hydrogen) atoms. The molecule has 0 aliphatic heterocycles. The first-order chi connectivity index (χ1) is 10.5. The Morgan fingerprint density at radius 3 is 2.52 bits per heavy atom. The van der Waals surface area contributed by atoms with Crippen LogP contribution in [0, 0.1) is 19.8 Å². The van der Waals surface area contributed by atoms with E-state index in [1.807, 2.05) is 51.1 Å². The summed E-state index contributed by atoms with van der Waals surface area (Å²) in [6.45, 7) is 6.18. The number of halogens is 1. The summed E-state index contributed by atoms with van der Waals surface area (Å²) in [6, 6.07) is 9.37. The number of carbonyl (C=O) groups excluding carboxylic acids is 1. The van der Waals surface area contributed by atoms with E-state index in [4.69, 9.17) is 10.3 Å². The quantitative estimate of drug-likeness (QED) is 0.849. The van der Waals surface area contributed by atoms with Crippen molar-refractivity contribution in [3.63, 3.8) is 0 Å². The fraction of sp³-hybridized carbons (Fsp3) is 0.412. The number of benzene rings is 1. The highest BCUT2D eigenvalue weighted by molar-refractivity contribution is 5.85. The fourth-order valence-electron chi connectivity index (χ4n) is 2.46. The van der Waals surface area contributed by atoms with Gasteiger partial charge in [0.2, 0.25) is 5.91 Å². The Hall–Kier alpha value is -1.85. The van der Waals surface area contributed by atoms with Crippen LogP contribution in [0.4, 0.5) is 0 Å². The monoisotopic (exact) mass is 337 g/mol. The molecule has 3 N–H and O–H groups in total. The van der Waals surface area contributed by atoms with Gasteiger partial charge in [-0.05, 0) is 25.8 Å². The molecule has 0 aliphatic carbocycles. The third kappa shape index (κ3) is 4.81. The number of hydrogen-bond acceptors (Lipinski definition) is 4. The van der Waals surface area contributed by atoms with Gasteiger partial charge in [0.25, 0.3) is 0 Å². The molecule has 0 radical (unpaired) electrons. The second kappa shape index (κ2) is 8.70. The molecule has 6 heteroatoms. The first kappa shape index (κ1) is 19.2. The number of nitrogens with one attached hydrogen (secondary N) is 1. The Morgan fingerprint density at radius 1 is 1.30 bits per heavy atom. The number of hydrogen-bond donors (Lipinski definition) is 2. The van der Waals surface area contributed by atoms with Crippen LogP contribution in [0.1, 0.15) is 35.5 Å². The standard InChI is InChI=1S/C17H23N3O2.ClH/c1-11(16(18)14-7-5-4-6-8-14)17(21)19-10-9-15-12(2)20-22-13(15)3;/h4-8,11,16H,9-10,18H2,1-3H3,(H,19,21);1H. The number of aryl methyl sites for hydroxylation is 2. The summed E-state index contributed by atoms with van der Waals surface area (Å²) in [7, 11) is 0. The normalized spacial score (nSPS) is 13.0. The van der Waals surface area contributed by atoms with Crippen molar-refractivity contribution in [3.8, 4) is 0 Å². The van der Waals surface area contributed by atoms with E-state index in [9.17, 15) is 4.79 Å². The molecule has 1 amide bonds. The smallest absolute Gasteiger partial charge is 0.224 e. The molecule has 1 aromatic carbocycles. The van der Waals surface area contributed by atoms with E-state index in [1.165, 1.54) is 0 Å². The van der Waals surface area contributed by atoms with E-state index in [1.54, 1.807) is 0 Å². The summed E-state index contributed by atoms with van der Waals surface area (Å²) in [4.78, 5) is 12.2. The first-order valence-electron chi connectivity index (χ1n) is 7.50. The van der Waals surface area contributed by atoms with Gasteiger partial charge in [-0.2, -0.15) is 0 Å². The maximum atomic E-state index is 12.2. The average molecular weight is 338 g/mol. The lowest BCUT2D eigenvalue weighted by Gasteiger charge is -2.19. The molecular formula is C17H24ClN3O2. The van der Waals surface area contributed by atoms with Gasteiger partial charge in [-0.15, -0.1) is 12.4 Å². The summed E-state index contributed by atoms with van der Waals surface area (Å²) in [6.07, 6.45) is 0.709. The van der Waals surface area contributed by atoms with Crippen LogP contribution in [0.25, 0.3) is 0 Å². The molecule has 126 valence electrons. The van der Waals surface area contributed by atoms with Gasteiger partial charge in [-0.25, -0.2) is 0 Å². The number of nitrogens with two attached hydrogens (primary N) is 1. The zero-order valence-electron chi connectivity index (χ0n) is 13.7. The van der Waals surface area contributed by atoms with Gasteiger partial charge in [0.15, 0.2) is 0 Å². The molecule has 1 aromatic heterocycles. The first-order valence-corrected chi connectivity index (χ1v) is 7.50. The van der Waals surface area contributed by atoms with Gasteiger partial charge in [0, 0.05) is 18.2 Å². The van der Waals surface area contributed by atoms with Crippen molar-refractivity contribution in [3.05, 3.63) is 52.9 Å². The maximum absolute atomic E-state index is 12.2. The molecule has 0 saturated carbocycles. The number of amides is 1. The van der Waals surface area contributed by atoms with Crippen LogP contribution in [-0.2, 0) is 11.2 Å². The van der Waals surface area contributed by atoms with Gasteiger partial charge in [-0.3, -0.25) is 4.79 Å². The number of carbonyl (C=O) groups is 1. The molecule has 1 heterocycles. The topological polar surface area (TPSA) is 81.2 Å².